The molecule has 0 unspecified atom stereocenters. The Balaban J connectivity index is 1.54. The normalized spacial score (nSPS) is 14.1. The van der Waals surface area contributed by atoms with Gasteiger partial charge in [0.2, 0.25) is 11.8 Å². The number of hydrogen-bond donors (Lipinski definition) is 1. The molecule has 160 valence electrons. The van der Waals surface area contributed by atoms with E-state index in [-0.39, 0.29) is 18.4 Å². The van der Waals surface area contributed by atoms with Crippen molar-refractivity contribution >= 4 is 29.1 Å². The molecule has 0 aliphatic heterocycles. The highest BCUT2D eigenvalue weighted by molar-refractivity contribution is 6.33. The Hall–Kier alpha value is -2.37. The Morgan fingerprint density at radius 1 is 1.00 bits per heavy atom. The molecule has 0 saturated heterocycles. The standard InChI is InChI=1S/C24H30ClN3O2/c1-27(17-23(29)26-22-14-8-7-13-21(22)25)24(30)18-28(20-11-5-6-12-20)16-15-19-9-3-2-4-10-19/h2-4,7-10,13-14,20H,5-6,11-12,15-18H2,1H3,(H,26,29). The number of hydrogen-bond acceptors (Lipinski definition) is 3. The van der Waals surface area contributed by atoms with Gasteiger partial charge in [0, 0.05) is 19.6 Å². The zero-order valence-corrected chi connectivity index (χ0v) is 18.3. The van der Waals surface area contributed by atoms with Gasteiger partial charge in [0.15, 0.2) is 0 Å². The summed E-state index contributed by atoms with van der Waals surface area (Å²) in [5, 5.41) is 3.25. The molecule has 6 heteroatoms. The molecular formula is C24H30ClN3O2. The number of benzene rings is 2. The van der Waals surface area contributed by atoms with E-state index in [2.05, 4.69) is 22.3 Å². The van der Waals surface area contributed by atoms with Crippen LogP contribution in [0.15, 0.2) is 54.6 Å². The fraction of sp³-hybridized carbons (Fsp3) is 0.417. The number of anilines is 1. The van der Waals surface area contributed by atoms with E-state index < -0.39 is 0 Å². The van der Waals surface area contributed by atoms with E-state index in [1.165, 1.54) is 23.3 Å². The highest BCUT2D eigenvalue weighted by Crippen LogP contribution is 2.24. The number of carbonyl (C=O) groups excluding carboxylic acids is 2. The van der Waals surface area contributed by atoms with Crippen molar-refractivity contribution in [3.8, 4) is 0 Å². The molecule has 0 aromatic heterocycles. The second-order valence-electron chi connectivity index (χ2n) is 7.92. The molecule has 0 bridgehead atoms. The van der Waals surface area contributed by atoms with Crippen molar-refractivity contribution in [1.29, 1.82) is 0 Å². The minimum absolute atomic E-state index is 0.00124. The van der Waals surface area contributed by atoms with Crippen molar-refractivity contribution in [3.05, 3.63) is 65.2 Å². The summed E-state index contributed by atoms with van der Waals surface area (Å²) >= 11 is 6.09. The maximum atomic E-state index is 12.9. The van der Waals surface area contributed by atoms with Crippen LogP contribution in [-0.2, 0) is 16.0 Å². The van der Waals surface area contributed by atoms with Gasteiger partial charge in [-0.15, -0.1) is 0 Å². The van der Waals surface area contributed by atoms with E-state index >= 15 is 0 Å². The highest BCUT2D eigenvalue weighted by Gasteiger charge is 2.25. The van der Waals surface area contributed by atoms with Crippen molar-refractivity contribution in [3.63, 3.8) is 0 Å². The first-order chi connectivity index (χ1) is 14.5. The lowest BCUT2D eigenvalue weighted by Gasteiger charge is -2.30. The lowest BCUT2D eigenvalue weighted by molar-refractivity contribution is -0.134. The molecule has 1 aliphatic rings. The van der Waals surface area contributed by atoms with Gasteiger partial charge in [-0.1, -0.05) is 66.9 Å². The topological polar surface area (TPSA) is 52.7 Å². The maximum absolute atomic E-state index is 12.9. The van der Waals surface area contributed by atoms with Crippen LogP contribution >= 0.6 is 11.6 Å². The molecule has 3 rings (SSSR count). The number of likely N-dealkylation sites (N-methyl/N-ethyl adjacent to an activating group) is 1. The van der Waals surface area contributed by atoms with Gasteiger partial charge in [-0.2, -0.15) is 0 Å². The van der Waals surface area contributed by atoms with Gasteiger partial charge >= 0.3 is 0 Å². The summed E-state index contributed by atoms with van der Waals surface area (Å²) in [5.41, 5.74) is 1.83. The van der Waals surface area contributed by atoms with Gasteiger partial charge in [-0.05, 0) is 37.0 Å². The second kappa shape index (κ2) is 11.1. The molecule has 0 atom stereocenters. The van der Waals surface area contributed by atoms with Crippen molar-refractivity contribution in [1.82, 2.24) is 9.80 Å². The first-order valence-corrected chi connectivity index (χ1v) is 11.0. The Labute approximate surface area is 184 Å². The zero-order chi connectivity index (χ0) is 21.3. The van der Waals surface area contributed by atoms with Crippen molar-refractivity contribution in [2.45, 2.75) is 38.1 Å². The monoisotopic (exact) mass is 427 g/mol. The number of para-hydroxylation sites is 1. The molecule has 2 aromatic carbocycles. The van der Waals surface area contributed by atoms with Crippen molar-refractivity contribution in [2.75, 3.05) is 32.0 Å². The summed E-state index contributed by atoms with van der Waals surface area (Å²) in [6.45, 7) is 1.19. The number of nitrogens with zero attached hydrogens (tertiary/aromatic N) is 2. The minimum atomic E-state index is -0.254. The molecule has 2 amide bonds. The van der Waals surface area contributed by atoms with Crippen LogP contribution in [0.5, 0.6) is 0 Å². The zero-order valence-electron chi connectivity index (χ0n) is 17.5. The number of nitrogens with one attached hydrogen (secondary N) is 1. The minimum Gasteiger partial charge on any atom is -0.335 e. The quantitative estimate of drug-likeness (QED) is 0.651. The maximum Gasteiger partial charge on any atom is 0.244 e. The van der Waals surface area contributed by atoms with Crippen LogP contribution in [-0.4, -0.2) is 54.3 Å². The van der Waals surface area contributed by atoms with Crippen molar-refractivity contribution < 1.29 is 9.59 Å². The van der Waals surface area contributed by atoms with Gasteiger partial charge < -0.3 is 10.2 Å². The largest absolute Gasteiger partial charge is 0.335 e. The average Bonchev–Trinajstić information content (AvgIpc) is 3.28. The Morgan fingerprint density at radius 2 is 1.67 bits per heavy atom. The molecule has 0 heterocycles. The molecule has 30 heavy (non-hydrogen) atoms. The summed E-state index contributed by atoms with van der Waals surface area (Å²) in [4.78, 5) is 29.0. The van der Waals surface area contributed by atoms with Crippen LogP contribution < -0.4 is 5.32 Å². The van der Waals surface area contributed by atoms with Crippen LogP contribution in [0.25, 0.3) is 0 Å². The van der Waals surface area contributed by atoms with Gasteiger partial charge in [-0.3, -0.25) is 14.5 Å². The fourth-order valence-corrected chi connectivity index (χ4v) is 4.11. The van der Waals surface area contributed by atoms with Crippen LogP contribution in [0, 0.1) is 0 Å². The van der Waals surface area contributed by atoms with E-state index in [1.54, 1.807) is 25.2 Å². The first kappa shape index (κ1) is 22.3. The Morgan fingerprint density at radius 3 is 2.37 bits per heavy atom. The smallest absolute Gasteiger partial charge is 0.244 e. The van der Waals surface area contributed by atoms with E-state index in [1.807, 2.05) is 24.3 Å². The summed E-state index contributed by atoms with van der Waals surface area (Å²) in [5.74, 6) is -0.292. The van der Waals surface area contributed by atoms with Crippen LogP contribution in [0.4, 0.5) is 5.69 Å². The van der Waals surface area contributed by atoms with E-state index in [4.69, 9.17) is 11.6 Å². The number of rotatable bonds is 9. The molecule has 5 nitrogen and oxygen atoms in total. The van der Waals surface area contributed by atoms with Gasteiger partial charge in [-0.25, -0.2) is 0 Å². The Bertz CT molecular complexity index is 837. The summed E-state index contributed by atoms with van der Waals surface area (Å²) < 4.78 is 0. The fourth-order valence-electron chi connectivity index (χ4n) is 3.93. The van der Waals surface area contributed by atoms with Crippen LogP contribution in [0.3, 0.4) is 0 Å². The molecule has 1 saturated carbocycles. The summed E-state index contributed by atoms with van der Waals surface area (Å²) in [7, 11) is 1.68. The average molecular weight is 428 g/mol. The third-order valence-electron chi connectivity index (χ3n) is 5.66. The van der Waals surface area contributed by atoms with E-state index in [9.17, 15) is 9.59 Å². The lowest BCUT2D eigenvalue weighted by atomic mass is 10.1. The summed E-state index contributed by atoms with van der Waals surface area (Å²) in [6.07, 6.45) is 5.63. The van der Waals surface area contributed by atoms with Gasteiger partial charge in [0.25, 0.3) is 0 Å². The first-order valence-electron chi connectivity index (χ1n) is 10.6. The highest BCUT2D eigenvalue weighted by atomic mass is 35.5. The number of halogens is 1. The molecule has 0 spiro atoms. The van der Waals surface area contributed by atoms with Crippen LogP contribution in [0.2, 0.25) is 5.02 Å². The lowest BCUT2D eigenvalue weighted by Crippen LogP contribution is -2.45. The van der Waals surface area contributed by atoms with Gasteiger partial charge in [0.1, 0.15) is 0 Å². The van der Waals surface area contributed by atoms with Crippen molar-refractivity contribution in [2.24, 2.45) is 0 Å². The predicted octanol–water partition coefficient (Wildman–Crippen LogP) is 4.22. The van der Waals surface area contributed by atoms with E-state index in [0.29, 0.717) is 23.3 Å². The number of carbonyl (C=O) groups is 2. The van der Waals surface area contributed by atoms with Crippen LogP contribution in [0.1, 0.15) is 31.2 Å². The summed E-state index contributed by atoms with van der Waals surface area (Å²) in [6, 6.07) is 17.9. The third-order valence-corrected chi connectivity index (χ3v) is 5.99. The predicted molar refractivity (Wildman–Crippen MR) is 122 cm³/mol. The SMILES string of the molecule is CN(CC(=O)Nc1ccccc1Cl)C(=O)CN(CCc1ccccc1)C1CCCC1. The molecule has 2 aromatic rings. The molecular weight excluding hydrogens is 398 g/mol. The molecule has 1 aliphatic carbocycles. The second-order valence-corrected chi connectivity index (χ2v) is 8.33. The molecule has 1 N–H and O–H groups in total. The van der Waals surface area contributed by atoms with E-state index in [0.717, 1.165) is 25.8 Å². The molecule has 0 radical (unpaired) electrons. The Kier molecular flexibility index (Phi) is 8.29. The number of amides is 2. The molecule has 1 fully saturated rings. The third kappa shape index (κ3) is 6.57. The van der Waals surface area contributed by atoms with Gasteiger partial charge in [0.05, 0.1) is 23.8 Å².